The second-order valence-corrected chi connectivity index (χ2v) is 10.0. The van der Waals surface area contributed by atoms with Gasteiger partial charge in [-0.25, -0.2) is 0 Å². The van der Waals surface area contributed by atoms with Gasteiger partial charge in [-0.3, -0.25) is 19.2 Å². The number of rotatable bonds is 2. The van der Waals surface area contributed by atoms with Crippen molar-refractivity contribution < 1.29 is 23.9 Å². The fourth-order valence-corrected chi connectivity index (χ4v) is 4.36. The second kappa shape index (κ2) is 12.7. The zero-order valence-electron chi connectivity index (χ0n) is 21.8. The van der Waals surface area contributed by atoms with Gasteiger partial charge < -0.3 is 30.1 Å². The molecule has 198 valence electrons. The number of amides is 4. The number of para-hydroxylation sites is 1. The van der Waals surface area contributed by atoms with Crippen LogP contribution in [-0.4, -0.2) is 104 Å². The van der Waals surface area contributed by atoms with E-state index in [-0.39, 0.29) is 55.7 Å². The molecule has 0 aromatic heterocycles. The molecular formula is C26H39N5O5. The Labute approximate surface area is 213 Å². The molecule has 1 saturated heterocycles. The molecular weight excluding hydrogens is 462 g/mol. The normalized spacial score (nSPS) is 23.5. The molecule has 1 aromatic carbocycles. The number of nitrogens with zero attached hydrogens (tertiary/aromatic N) is 3. The summed E-state index contributed by atoms with van der Waals surface area (Å²) in [7, 11) is 3.59. The summed E-state index contributed by atoms with van der Waals surface area (Å²) >= 11 is 0. The van der Waals surface area contributed by atoms with Gasteiger partial charge in [0.1, 0.15) is 18.4 Å². The van der Waals surface area contributed by atoms with Crippen LogP contribution in [0.1, 0.15) is 43.5 Å². The molecule has 0 radical (unpaired) electrons. The van der Waals surface area contributed by atoms with Crippen molar-refractivity contribution in [3.8, 4) is 5.75 Å². The van der Waals surface area contributed by atoms with E-state index in [4.69, 9.17) is 4.74 Å². The van der Waals surface area contributed by atoms with Crippen molar-refractivity contribution in [2.75, 3.05) is 53.4 Å². The van der Waals surface area contributed by atoms with Crippen LogP contribution in [0.25, 0.3) is 0 Å². The third-order valence-electron chi connectivity index (χ3n) is 6.79. The molecule has 0 saturated carbocycles. The fraction of sp³-hybridized carbons (Fsp3) is 0.615. The molecule has 3 rings (SSSR count). The van der Waals surface area contributed by atoms with Gasteiger partial charge in [0.25, 0.3) is 5.91 Å². The van der Waals surface area contributed by atoms with Crippen molar-refractivity contribution in [2.24, 2.45) is 5.92 Å². The van der Waals surface area contributed by atoms with Crippen LogP contribution in [0.2, 0.25) is 0 Å². The van der Waals surface area contributed by atoms with Gasteiger partial charge in [-0.05, 0) is 44.5 Å². The van der Waals surface area contributed by atoms with Gasteiger partial charge in [-0.15, -0.1) is 0 Å². The lowest BCUT2D eigenvalue weighted by Gasteiger charge is -2.27. The minimum absolute atomic E-state index is 0.0277. The first-order valence-electron chi connectivity index (χ1n) is 12.7. The summed E-state index contributed by atoms with van der Waals surface area (Å²) < 4.78 is 5.99. The lowest BCUT2D eigenvalue weighted by molar-refractivity contribution is -0.136. The van der Waals surface area contributed by atoms with Gasteiger partial charge in [0.15, 0.2) is 0 Å². The molecule has 10 nitrogen and oxygen atoms in total. The van der Waals surface area contributed by atoms with E-state index in [1.54, 1.807) is 36.2 Å². The van der Waals surface area contributed by atoms with Crippen LogP contribution in [0.5, 0.6) is 5.75 Å². The van der Waals surface area contributed by atoms with Gasteiger partial charge in [0, 0.05) is 33.1 Å². The first kappa shape index (κ1) is 27.4. The molecule has 2 aliphatic heterocycles. The Kier molecular flexibility index (Phi) is 9.69. The average molecular weight is 502 g/mol. The Morgan fingerprint density at radius 1 is 1.03 bits per heavy atom. The summed E-state index contributed by atoms with van der Waals surface area (Å²) in [6.45, 7) is 6.80. The van der Waals surface area contributed by atoms with Crippen molar-refractivity contribution in [3.05, 3.63) is 29.8 Å². The molecule has 2 aliphatic rings. The van der Waals surface area contributed by atoms with E-state index in [2.05, 4.69) is 15.5 Å². The fourth-order valence-electron chi connectivity index (χ4n) is 4.36. The van der Waals surface area contributed by atoms with E-state index < -0.39 is 11.9 Å². The highest BCUT2D eigenvalue weighted by molar-refractivity contribution is 5.99. The molecule has 0 bridgehead atoms. The largest absolute Gasteiger partial charge is 0.491 e. The quantitative estimate of drug-likeness (QED) is 0.618. The molecule has 1 aromatic rings. The maximum Gasteiger partial charge on any atom is 0.255 e. The van der Waals surface area contributed by atoms with Crippen molar-refractivity contribution in [1.29, 1.82) is 0 Å². The van der Waals surface area contributed by atoms with E-state index >= 15 is 0 Å². The lowest BCUT2D eigenvalue weighted by atomic mass is 10.1. The van der Waals surface area contributed by atoms with Crippen molar-refractivity contribution in [2.45, 2.75) is 45.2 Å². The maximum absolute atomic E-state index is 13.5. The number of benzene rings is 1. The SMILES string of the molecule is CC(C)[C@H]1COc2ccccc2C(=O)N[C@H](C(=O)N2CCCN(C)CC2)CCC(=O)N(C)CC(=O)N1. The number of ether oxygens (including phenoxy) is 1. The molecule has 10 heteroatoms. The molecule has 1 fully saturated rings. The summed E-state index contributed by atoms with van der Waals surface area (Å²) in [4.78, 5) is 57.6. The predicted octanol–water partition coefficient (Wildman–Crippen LogP) is 0.721. The van der Waals surface area contributed by atoms with Gasteiger partial charge in [0.05, 0.1) is 18.2 Å². The highest BCUT2D eigenvalue weighted by Gasteiger charge is 2.30. The maximum atomic E-state index is 13.5. The van der Waals surface area contributed by atoms with Crippen LogP contribution < -0.4 is 15.4 Å². The molecule has 0 unspecified atom stereocenters. The summed E-state index contributed by atoms with van der Waals surface area (Å²) in [5, 5.41) is 5.81. The first-order valence-corrected chi connectivity index (χ1v) is 12.7. The Balaban J connectivity index is 1.88. The number of fused-ring (bicyclic) bond motifs is 1. The smallest absolute Gasteiger partial charge is 0.255 e. The van der Waals surface area contributed by atoms with E-state index in [0.29, 0.717) is 24.4 Å². The van der Waals surface area contributed by atoms with E-state index in [9.17, 15) is 19.2 Å². The van der Waals surface area contributed by atoms with Crippen LogP contribution in [0.4, 0.5) is 0 Å². The highest BCUT2D eigenvalue weighted by atomic mass is 16.5. The molecule has 36 heavy (non-hydrogen) atoms. The van der Waals surface area contributed by atoms with Crippen LogP contribution in [0, 0.1) is 5.92 Å². The predicted molar refractivity (Wildman–Crippen MR) is 136 cm³/mol. The molecule has 0 spiro atoms. The zero-order chi connectivity index (χ0) is 26.2. The minimum atomic E-state index is -0.867. The molecule has 4 amide bonds. The van der Waals surface area contributed by atoms with Crippen LogP contribution in [0.3, 0.4) is 0 Å². The number of hydrogen-bond acceptors (Lipinski definition) is 6. The van der Waals surface area contributed by atoms with E-state index in [1.807, 2.05) is 20.9 Å². The van der Waals surface area contributed by atoms with Crippen LogP contribution in [-0.2, 0) is 14.4 Å². The molecule has 2 N–H and O–H groups in total. The number of carbonyl (C=O) groups is 4. The monoisotopic (exact) mass is 501 g/mol. The van der Waals surface area contributed by atoms with Gasteiger partial charge >= 0.3 is 0 Å². The third kappa shape index (κ3) is 7.43. The minimum Gasteiger partial charge on any atom is -0.491 e. The third-order valence-corrected chi connectivity index (χ3v) is 6.79. The van der Waals surface area contributed by atoms with E-state index in [1.165, 1.54) is 4.90 Å². The Bertz CT molecular complexity index is 952. The zero-order valence-corrected chi connectivity index (χ0v) is 21.8. The van der Waals surface area contributed by atoms with Crippen molar-refractivity contribution in [3.63, 3.8) is 0 Å². The Morgan fingerprint density at radius 3 is 2.53 bits per heavy atom. The average Bonchev–Trinajstić information content (AvgIpc) is 3.07. The standard InChI is InChI=1S/C26H39N5O5/c1-18(2)21-17-36-22-9-6-5-8-19(22)25(34)28-20(10-11-24(33)30(4)16-23(32)27-21)26(35)31-13-7-12-29(3)14-15-31/h5-6,8-9,18,20-21H,7,10-17H2,1-4H3,(H,27,32)(H,28,34)/t20-,21+/m0/s1. The molecule has 0 aliphatic carbocycles. The molecule has 2 heterocycles. The number of carbonyl (C=O) groups excluding carboxylic acids is 4. The Hall–Kier alpha value is -3.14. The van der Waals surface area contributed by atoms with Crippen molar-refractivity contribution in [1.82, 2.24) is 25.3 Å². The van der Waals surface area contributed by atoms with Gasteiger partial charge in [-0.1, -0.05) is 26.0 Å². The number of hydrogen-bond donors (Lipinski definition) is 2. The van der Waals surface area contributed by atoms with Crippen molar-refractivity contribution >= 4 is 23.6 Å². The van der Waals surface area contributed by atoms with Crippen LogP contribution in [0.15, 0.2) is 24.3 Å². The lowest BCUT2D eigenvalue weighted by Crippen LogP contribution is -2.50. The number of likely N-dealkylation sites (N-methyl/N-ethyl adjacent to an activating group) is 2. The summed E-state index contributed by atoms with van der Waals surface area (Å²) in [5.41, 5.74) is 0.304. The first-order chi connectivity index (χ1) is 17.2. The van der Waals surface area contributed by atoms with Gasteiger partial charge in [0.2, 0.25) is 17.7 Å². The number of nitrogens with one attached hydrogen (secondary N) is 2. The molecule has 2 atom stereocenters. The summed E-state index contributed by atoms with van der Waals surface area (Å²) in [6.07, 6.45) is 1.01. The topological polar surface area (TPSA) is 111 Å². The Morgan fingerprint density at radius 2 is 1.78 bits per heavy atom. The second-order valence-electron chi connectivity index (χ2n) is 10.0. The highest BCUT2D eigenvalue weighted by Crippen LogP contribution is 2.20. The summed E-state index contributed by atoms with van der Waals surface area (Å²) in [6, 6.07) is 5.68. The summed E-state index contributed by atoms with van der Waals surface area (Å²) in [5.74, 6) is -0.736. The van der Waals surface area contributed by atoms with E-state index in [0.717, 1.165) is 19.5 Å². The van der Waals surface area contributed by atoms with Crippen LogP contribution >= 0.6 is 0 Å². The van der Waals surface area contributed by atoms with Gasteiger partial charge in [-0.2, -0.15) is 0 Å².